The molecular formula is C29H27F3N4O4. The fourth-order valence-electron chi connectivity index (χ4n) is 4.78. The first kappa shape index (κ1) is 27.4. The number of carboxylic acids is 1. The molecule has 1 aliphatic rings. The van der Waals surface area contributed by atoms with E-state index >= 15 is 0 Å². The van der Waals surface area contributed by atoms with Gasteiger partial charge in [0, 0.05) is 36.3 Å². The summed E-state index contributed by atoms with van der Waals surface area (Å²) in [5.74, 6) is -1.78. The maximum Gasteiger partial charge on any atom is 0.416 e. The summed E-state index contributed by atoms with van der Waals surface area (Å²) in [5.41, 5.74) is 2.51. The number of aryl methyl sites for hydroxylation is 1. The Hall–Kier alpha value is -4.22. The number of hydrogen-bond acceptors (Lipinski definition) is 5. The highest BCUT2D eigenvalue weighted by atomic mass is 19.4. The predicted molar refractivity (Wildman–Crippen MR) is 144 cm³/mol. The molecule has 0 spiro atoms. The Morgan fingerprint density at radius 3 is 2.52 bits per heavy atom. The molecule has 208 valence electrons. The van der Waals surface area contributed by atoms with Gasteiger partial charge in [0.15, 0.2) is 5.69 Å². The summed E-state index contributed by atoms with van der Waals surface area (Å²) in [4.78, 5) is 26.9. The van der Waals surface area contributed by atoms with Crippen molar-refractivity contribution in [2.45, 2.75) is 19.6 Å². The minimum absolute atomic E-state index is 0.0256. The lowest BCUT2D eigenvalue weighted by Gasteiger charge is -2.26. The summed E-state index contributed by atoms with van der Waals surface area (Å²) in [7, 11) is 0. The molecule has 0 atom stereocenters. The maximum atomic E-state index is 13.1. The van der Waals surface area contributed by atoms with Crippen LogP contribution in [0.25, 0.3) is 22.0 Å². The van der Waals surface area contributed by atoms with Crippen LogP contribution in [0.5, 0.6) is 0 Å². The molecule has 2 heterocycles. The van der Waals surface area contributed by atoms with Gasteiger partial charge in [0.25, 0.3) is 5.91 Å². The molecule has 1 fully saturated rings. The van der Waals surface area contributed by atoms with E-state index in [9.17, 15) is 27.9 Å². The fourth-order valence-corrected chi connectivity index (χ4v) is 4.78. The number of anilines is 1. The number of rotatable bonds is 7. The van der Waals surface area contributed by atoms with Crippen molar-refractivity contribution in [3.63, 3.8) is 0 Å². The molecule has 2 N–H and O–H groups in total. The fraction of sp³-hybridized carbons (Fsp3) is 0.276. The van der Waals surface area contributed by atoms with Gasteiger partial charge < -0.3 is 15.2 Å². The van der Waals surface area contributed by atoms with E-state index in [1.54, 1.807) is 35.0 Å². The van der Waals surface area contributed by atoms with E-state index in [0.717, 1.165) is 41.9 Å². The molecule has 5 rings (SSSR count). The average molecular weight is 553 g/mol. The van der Waals surface area contributed by atoms with Crippen molar-refractivity contribution >= 4 is 28.5 Å². The third kappa shape index (κ3) is 5.85. The quantitative estimate of drug-likeness (QED) is 0.323. The van der Waals surface area contributed by atoms with Crippen LogP contribution in [0.15, 0.2) is 60.7 Å². The minimum Gasteiger partial charge on any atom is -0.476 e. The summed E-state index contributed by atoms with van der Waals surface area (Å²) in [6.07, 6.45) is -4.55. The lowest BCUT2D eigenvalue weighted by atomic mass is 9.98. The second-order valence-electron chi connectivity index (χ2n) is 9.63. The molecule has 0 saturated carbocycles. The van der Waals surface area contributed by atoms with Gasteiger partial charge in [0.1, 0.15) is 0 Å². The lowest BCUT2D eigenvalue weighted by molar-refractivity contribution is -0.137. The molecule has 11 heteroatoms. The molecule has 3 aromatic carbocycles. The zero-order valence-corrected chi connectivity index (χ0v) is 21.7. The Bertz CT molecular complexity index is 1580. The molecule has 0 aliphatic carbocycles. The van der Waals surface area contributed by atoms with Crippen LogP contribution >= 0.6 is 0 Å². The van der Waals surface area contributed by atoms with Gasteiger partial charge >= 0.3 is 12.1 Å². The van der Waals surface area contributed by atoms with Crippen LogP contribution in [0.1, 0.15) is 32.0 Å². The number of amides is 1. The van der Waals surface area contributed by atoms with Crippen molar-refractivity contribution in [2.24, 2.45) is 0 Å². The number of carbonyl (C=O) groups is 2. The molecule has 1 saturated heterocycles. The Balaban J connectivity index is 1.44. The van der Waals surface area contributed by atoms with Crippen LogP contribution in [0.2, 0.25) is 0 Å². The van der Waals surface area contributed by atoms with Gasteiger partial charge in [-0.25, -0.2) is 4.79 Å². The third-order valence-electron chi connectivity index (χ3n) is 6.94. The number of aromatic nitrogens is 2. The Morgan fingerprint density at radius 2 is 1.80 bits per heavy atom. The number of alkyl halides is 3. The summed E-state index contributed by atoms with van der Waals surface area (Å²) < 4.78 is 46.4. The van der Waals surface area contributed by atoms with E-state index in [4.69, 9.17) is 4.74 Å². The van der Waals surface area contributed by atoms with Crippen molar-refractivity contribution in [3.05, 3.63) is 83.0 Å². The van der Waals surface area contributed by atoms with Gasteiger partial charge in [-0.3, -0.25) is 14.4 Å². The maximum absolute atomic E-state index is 13.1. The zero-order valence-electron chi connectivity index (χ0n) is 21.7. The van der Waals surface area contributed by atoms with E-state index < -0.39 is 23.6 Å². The number of nitrogens with one attached hydrogen (secondary N) is 1. The van der Waals surface area contributed by atoms with Crippen molar-refractivity contribution in [1.29, 1.82) is 0 Å². The topological polar surface area (TPSA) is 96.7 Å². The summed E-state index contributed by atoms with van der Waals surface area (Å²) in [5, 5.41) is 17.3. The molecule has 1 amide bonds. The number of morpholine rings is 1. The number of carbonyl (C=O) groups excluding carboxylic acids is 1. The lowest BCUT2D eigenvalue weighted by Crippen LogP contribution is -2.38. The minimum atomic E-state index is -4.55. The summed E-state index contributed by atoms with van der Waals surface area (Å²) >= 11 is 0. The van der Waals surface area contributed by atoms with Crippen molar-refractivity contribution < 1.29 is 32.6 Å². The molecule has 0 bridgehead atoms. The number of nitrogens with zero attached hydrogens (tertiary/aromatic N) is 3. The Kier molecular flexibility index (Phi) is 7.59. The number of carboxylic acid groups (broad SMARTS) is 1. The highest BCUT2D eigenvalue weighted by Gasteiger charge is 2.31. The number of halogens is 3. The van der Waals surface area contributed by atoms with Gasteiger partial charge in [-0.05, 0) is 66.1 Å². The van der Waals surface area contributed by atoms with Gasteiger partial charge in [0.05, 0.1) is 30.8 Å². The monoisotopic (exact) mass is 552 g/mol. The number of benzene rings is 3. The molecule has 40 heavy (non-hydrogen) atoms. The molecule has 0 radical (unpaired) electrons. The highest BCUT2D eigenvalue weighted by Crippen LogP contribution is 2.32. The van der Waals surface area contributed by atoms with E-state index in [1.165, 1.54) is 12.1 Å². The smallest absolute Gasteiger partial charge is 0.416 e. The van der Waals surface area contributed by atoms with Gasteiger partial charge in [-0.1, -0.05) is 18.2 Å². The van der Waals surface area contributed by atoms with Crippen molar-refractivity contribution in [3.8, 4) is 11.1 Å². The molecular weight excluding hydrogens is 525 g/mol. The molecule has 1 aromatic heterocycles. The number of ether oxygens (including phenoxy) is 1. The predicted octanol–water partition coefficient (Wildman–Crippen LogP) is 5.31. The second kappa shape index (κ2) is 11.1. The first-order valence-corrected chi connectivity index (χ1v) is 12.7. The second-order valence-corrected chi connectivity index (χ2v) is 9.63. The Morgan fingerprint density at radius 1 is 1.02 bits per heavy atom. The number of aromatic carboxylic acids is 1. The van der Waals surface area contributed by atoms with E-state index in [2.05, 4.69) is 15.3 Å². The Labute approximate surface area is 228 Å². The largest absolute Gasteiger partial charge is 0.476 e. The number of hydrogen-bond donors (Lipinski definition) is 2. The van der Waals surface area contributed by atoms with Crippen LogP contribution in [0.3, 0.4) is 0 Å². The van der Waals surface area contributed by atoms with Crippen LogP contribution in [-0.4, -0.2) is 64.5 Å². The normalized spacial score (nSPS) is 14.4. The van der Waals surface area contributed by atoms with Crippen molar-refractivity contribution in [1.82, 2.24) is 14.7 Å². The molecule has 0 unspecified atom stereocenters. The van der Waals surface area contributed by atoms with Crippen LogP contribution in [0, 0.1) is 6.92 Å². The van der Waals surface area contributed by atoms with Gasteiger partial charge in [0.2, 0.25) is 0 Å². The molecule has 4 aromatic rings. The zero-order chi connectivity index (χ0) is 28.4. The SMILES string of the molecule is Cc1ccc(NC(=O)c2cccc(C(F)(F)F)c2)cc1-c1ccc2c(C(=O)O)nn(CCN3CCOCC3)c2c1. The van der Waals surface area contributed by atoms with Crippen LogP contribution < -0.4 is 5.32 Å². The van der Waals surface area contributed by atoms with E-state index in [0.29, 0.717) is 42.9 Å². The van der Waals surface area contributed by atoms with E-state index in [1.807, 2.05) is 13.0 Å². The third-order valence-corrected chi connectivity index (χ3v) is 6.94. The van der Waals surface area contributed by atoms with Crippen LogP contribution in [0.4, 0.5) is 18.9 Å². The number of fused-ring (bicyclic) bond motifs is 1. The van der Waals surface area contributed by atoms with Crippen molar-refractivity contribution in [2.75, 3.05) is 38.2 Å². The van der Waals surface area contributed by atoms with Gasteiger partial charge in [-0.15, -0.1) is 0 Å². The summed E-state index contributed by atoms with van der Waals surface area (Å²) in [6, 6.07) is 14.9. The first-order valence-electron chi connectivity index (χ1n) is 12.7. The van der Waals surface area contributed by atoms with Crippen LogP contribution in [-0.2, 0) is 17.5 Å². The molecule has 1 aliphatic heterocycles. The van der Waals surface area contributed by atoms with Gasteiger partial charge in [-0.2, -0.15) is 18.3 Å². The van der Waals surface area contributed by atoms with E-state index in [-0.39, 0.29) is 11.3 Å². The average Bonchev–Trinajstić information content (AvgIpc) is 3.31. The first-order chi connectivity index (χ1) is 19.1. The highest BCUT2D eigenvalue weighted by molar-refractivity contribution is 6.05. The summed E-state index contributed by atoms with van der Waals surface area (Å²) in [6.45, 7) is 6.01. The standard InChI is InChI=1S/C29H27F3N4O4/c1-18-5-7-22(33-27(37)20-3-2-4-21(15-20)29(30,31)32)17-24(18)19-6-8-23-25(16-19)36(34-26(23)28(38)39)10-9-35-11-13-40-14-12-35/h2-8,15-17H,9-14H2,1H3,(H,33,37)(H,38,39). The molecule has 8 nitrogen and oxygen atoms in total.